The number of rotatable bonds is 7. The molecule has 1 heterocycles. The molecule has 2 rings (SSSR count). The van der Waals surface area contributed by atoms with E-state index in [1.807, 2.05) is 31.2 Å². The first-order chi connectivity index (χ1) is 10.1. The maximum Gasteiger partial charge on any atom is 0.233 e. The lowest BCUT2D eigenvalue weighted by Crippen LogP contribution is -2.22. The van der Waals surface area contributed by atoms with E-state index in [2.05, 4.69) is 9.88 Å². The monoisotopic (exact) mass is 306 g/mol. The number of nitrogens with zero attached hydrogens (tertiary/aromatic N) is 1. The Balaban J connectivity index is 1.80. The molecule has 0 atom stereocenters. The van der Waals surface area contributed by atoms with Crippen LogP contribution in [0, 0.1) is 6.92 Å². The normalized spacial score (nSPS) is 12.0. The molecule has 0 spiro atoms. The Bertz CT molecular complexity index is 674. The van der Waals surface area contributed by atoms with Crippen LogP contribution >= 0.6 is 0 Å². The lowest BCUT2D eigenvalue weighted by Gasteiger charge is -2.02. The van der Waals surface area contributed by atoms with Gasteiger partial charge in [0.2, 0.25) is 10.0 Å². The first-order valence-corrected chi connectivity index (χ1v) is 8.22. The lowest BCUT2D eigenvalue weighted by atomic mass is 10.2. The summed E-state index contributed by atoms with van der Waals surface area (Å²) < 4.78 is 30.9. The predicted molar refractivity (Wildman–Crippen MR) is 82.0 cm³/mol. The van der Waals surface area contributed by atoms with Gasteiger partial charge in [0.1, 0.15) is 6.26 Å². The molecular weight excluding hydrogens is 288 g/mol. The number of hydrogen-bond acceptors (Lipinski definition) is 4. The van der Waals surface area contributed by atoms with Gasteiger partial charge in [-0.15, -0.1) is 0 Å². The van der Waals surface area contributed by atoms with E-state index in [-0.39, 0.29) is 0 Å². The Morgan fingerprint density at radius 1 is 1.29 bits per heavy atom. The fraction of sp³-hybridized carbons (Fsp3) is 0.267. The molecule has 0 radical (unpaired) electrons. The van der Waals surface area contributed by atoms with E-state index in [0.29, 0.717) is 13.0 Å². The summed E-state index contributed by atoms with van der Waals surface area (Å²) in [5, 5.41) is 4.79. The van der Waals surface area contributed by atoms with E-state index >= 15 is 0 Å². The van der Waals surface area contributed by atoms with Crippen molar-refractivity contribution >= 4 is 16.1 Å². The molecule has 0 unspecified atom stereocenters. The summed E-state index contributed by atoms with van der Waals surface area (Å²) in [4.78, 5) is 0. The van der Waals surface area contributed by atoms with Gasteiger partial charge < -0.3 is 4.52 Å². The summed E-state index contributed by atoms with van der Waals surface area (Å²) in [7, 11) is -3.40. The van der Waals surface area contributed by atoms with Crippen molar-refractivity contribution in [2.45, 2.75) is 19.8 Å². The summed E-state index contributed by atoms with van der Waals surface area (Å²) in [6.07, 6.45) is 6.20. The van der Waals surface area contributed by atoms with Gasteiger partial charge in [-0.25, -0.2) is 13.1 Å². The van der Waals surface area contributed by atoms with E-state index in [4.69, 9.17) is 4.52 Å². The van der Waals surface area contributed by atoms with Crippen LogP contribution in [0.3, 0.4) is 0 Å². The topological polar surface area (TPSA) is 72.2 Å². The Morgan fingerprint density at radius 2 is 2.05 bits per heavy atom. The molecule has 21 heavy (non-hydrogen) atoms. The molecule has 0 aliphatic heterocycles. The van der Waals surface area contributed by atoms with Gasteiger partial charge in [-0.3, -0.25) is 0 Å². The van der Waals surface area contributed by atoms with Crippen LogP contribution in [0.1, 0.15) is 23.1 Å². The van der Waals surface area contributed by atoms with Crippen molar-refractivity contribution in [1.29, 1.82) is 0 Å². The smallest absolute Gasteiger partial charge is 0.233 e. The number of aryl methyl sites for hydroxylation is 2. The van der Waals surface area contributed by atoms with Crippen molar-refractivity contribution in [3.8, 4) is 0 Å². The second-order valence-corrected chi connectivity index (χ2v) is 6.44. The minimum atomic E-state index is -3.40. The Hall–Kier alpha value is -1.92. The van der Waals surface area contributed by atoms with Gasteiger partial charge in [-0.05, 0) is 31.4 Å². The van der Waals surface area contributed by atoms with Crippen molar-refractivity contribution in [1.82, 2.24) is 9.88 Å². The molecular formula is C15H18N2O3S. The Morgan fingerprint density at radius 3 is 2.71 bits per heavy atom. The molecule has 112 valence electrons. The third-order valence-corrected chi connectivity index (χ3v) is 4.05. The van der Waals surface area contributed by atoms with Crippen LogP contribution < -0.4 is 4.72 Å². The van der Waals surface area contributed by atoms with Crippen molar-refractivity contribution in [3.63, 3.8) is 0 Å². The zero-order valence-corrected chi connectivity index (χ0v) is 12.6. The lowest BCUT2D eigenvalue weighted by molar-refractivity contribution is 0.419. The zero-order valence-electron chi connectivity index (χ0n) is 11.8. The number of hydrogen-bond donors (Lipinski definition) is 1. The van der Waals surface area contributed by atoms with Crippen LogP contribution in [0.4, 0.5) is 0 Å². The number of benzene rings is 1. The van der Waals surface area contributed by atoms with Gasteiger partial charge in [0.25, 0.3) is 0 Å². The summed E-state index contributed by atoms with van der Waals surface area (Å²) in [6.45, 7) is 2.37. The highest BCUT2D eigenvalue weighted by atomic mass is 32.2. The van der Waals surface area contributed by atoms with E-state index in [1.165, 1.54) is 5.41 Å². The first-order valence-electron chi connectivity index (χ1n) is 6.68. The molecule has 0 aliphatic rings. The average molecular weight is 306 g/mol. The third-order valence-electron chi connectivity index (χ3n) is 2.95. The Labute approximate surface area is 124 Å². The molecule has 0 fully saturated rings. The summed E-state index contributed by atoms with van der Waals surface area (Å²) in [6, 6.07) is 7.65. The highest BCUT2D eigenvalue weighted by Gasteiger charge is 2.04. The molecule has 0 saturated heterocycles. The van der Waals surface area contributed by atoms with E-state index in [1.54, 1.807) is 18.5 Å². The molecule has 5 nitrogen and oxygen atoms in total. The highest BCUT2D eigenvalue weighted by molar-refractivity contribution is 7.92. The fourth-order valence-corrected chi connectivity index (χ4v) is 2.61. The van der Waals surface area contributed by atoms with Crippen LogP contribution in [-0.2, 0) is 16.4 Å². The standard InChI is InChI=1S/C15H18N2O3S/c1-13-4-6-14(7-5-13)8-10-21(18,19)17-9-2-3-15-11-16-20-12-15/h4-8,10-12,17H,2-3,9H2,1H3/b10-8+. The van der Waals surface area contributed by atoms with Crippen LogP contribution in [0.15, 0.2) is 46.7 Å². The first kappa shape index (κ1) is 15.5. The van der Waals surface area contributed by atoms with Crippen molar-refractivity contribution in [2.75, 3.05) is 6.54 Å². The molecule has 6 heteroatoms. The second-order valence-electron chi connectivity index (χ2n) is 4.79. The van der Waals surface area contributed by atoms with Gasteiger partial charge in [0, 0.05) is 17.5 Å². The van der Waals surface area contributed by atoms with E-state index in [0.717, 1.165) is 23.1 Å². The summed E-state index contributed by atoms with van der Waals surface area (Å²) in [5.41, 5.74) is 2.96. The zero-order chi connectivity index (χ0) is 15.1. The Kier molecular flexibility index (Phi) is 5.30. The fourth-order valence-electron chi connectivity index (χ4n) is 1.75. The minimum absolute atomic E-state index is 0.381. The van der Waals surface area contributed by atoms with Gasteiger partial charge in [-0.2, -0.15) is 0 Å². The van der Waals surface area contributed by atoms with Gasteiger partial charge in [0.15, 0.2) is 0 Å². The molecule has 0 bridgehead atoms. The van der Waals surface area contributed by atoms with Crippen LogP contribution in [0.2, 0.25) is 0 Å². The third kappa shape index (κ3) is 5.53. The largest absolute Gasteiger partial charge is 0.364 e. The molecule has 0 aliphatic carbocycles. The molecule has 0 amide bonds. The van der Waals surface area contributed by atoms with Crippen LogP contribution in [0.25, 0.3) is 6.08 Å². The van der Waals surface area contributed by atoms with E-state index < -0.39 is 10.0 Å². The van der Waals surface area contributed by atoms with Crippen LogP contribution in [-0.4, -0.2) is 20.1 Å². The van der Waals surface area contributed by atoms with Crippen molar-refractivity contribution in [2.24, 2.45) is 0 Å². The summed E-state index contributed by atoms with van der Waals surface area (Å²) in [5.74, 6) is 0. The highest BCUT2D eigenvalue weighted by Crippen LogP contribution is 2.06. The minimum Gasteiger partial charge on any atom is -0.364 e. The van der Waals surface area contributed by atoms with Crippen molar-refractivity contribution in [3.05, 3.63) is 58.8 Å². The summed E-state index contributed by atoms with van der Waals surface area (Å²) >= 11 is 0. The SMILES string of the molecule is Cc1ccc(/C=C/S(=O)(=O)NCCCc2cnoc2)cc1. The second kappa shape index (κ2) is 7.19. The maximum absolute atomic E-state index is 11.8. The quantitative estimate of drug-likeness (QED) is 0.798. The van der Waals surface area contributed by atoms with Crippen molar-refractivity contribution < 1.29 is 12.9 Å². The van der Waals surface area contributed by atoms with Gasteiger partial charge in [-0.1, -0.05) is 35.0 Å². The average Bonchev–Trinajstić information content (AvgIpc) is 2.96. The molecule has 1 aromatic heterocycles. The number of nitrogens with one attached hydrogen (secondary N) is 1. The number of sulfonamides is 1. The molecule has 0 saturated carbocycles. The molecule has 1 aromatic carbocycles. The van der Waals surface area contributed by atoms with E-state index in [9.17, 15) is 8.42 Å². The van der Waals surface area contributed by atoms with Crippen LogP contribution in [0.5, 0.6) is 0 Å². The number of aromatic nitrogens is 1. The van der Waals surface area contributed by atoms with Gasteiger partial charge >= 0.3 is 0 Å². The molecule has 2 aromatic rings. The molecule has 1 N–H and O–H groups in total. The van der Waals surface area contributed by atoms with Gasteiger partial charge in [0.05, 0.1) is 6.20 Å². The maximum atomic E-state index is 11.8. The predicted octanol–water partition coefficient (Wildman–Crippen LogP) is 2.51.